The molecule has 3 aromatic rings. The maximum atomic E-state index is 14.9. The molecule has 1 heterocycles. The van der Waals surface area contributed by atoms with Crippen molar-refractivity contribution >= 4 is 110 Å². The number of carbonyl (C=O) groups is 13. The molecule has 1 saturated heterocycles. The van der Waals surface area contributed by atoms with E-state index in [1.54, 1.807) is 91.0 Å². The van der Waals surface area contributed by atoms with Gasteiger partial charge in [0.25, 0.3) is 0 Å². The first-order chi connectivity index (χ1) is 50.4. The van der Waals surface area contributed by atoms with Gasteiger partial charge in [-0.1, -0.05) is 173 Å². The Morgan fingerprint density at radius 3 is 1.53 bits per heavy atom. The lowest BCUT2D eigenvalue weighted by atomic mass is 9.99. The molecule has 1 aliphatic heterocycles. The second-order valence-electron chi connectivity index (χ2n) is 28.9. The molecule has 32 heteroatoms. The number of aliphatic carboxylic acids is 1. The van der Waals surface area contributed by atoms with Gasteiger partial charge >= 0.3 is 5.97 Å². The molecule has 0 aliphatic carbocycles. The fourth-order valence-electron chi connectivity index (χ4n) is 11.9. The Kier molecular flexibility index (Phi) is 37.5. The van der Waals surface area contributed by atoms with Gasteiger partial charge in [-0.2, -0.15) is 0 Å². The van der Waals surface area contributed by atoms with Crippen molar-refractivity contribution in [2.45, 2.75) is 218 Å². The van der Waals surface area contributed by atoms with Crippen molar-refractivity contribution in [3.05, 3.63) is 118 Å². The molecule has 0 radical (unpaired) electrons. The molecule has 0 bridgehead atoms. The third-order valence-electron chi connectivity index (χ3n) is 18.2. The average Bonchev–Trinajstić information content (AvgIpc) is 1.79. The van der Waals surface area contributed by atoms with Crippen molar-refractivity contribution in [3.63, 3.8) is 0 Å². The van der Waals surface area contributed by atoms with Crippen LogP contribution in [0.5, 0.6) is 0 Å². The maximum Gasteiger partial charge on any atom is 0.326 e. The summed E-state index contributed by atoms with van der Waals surface area (Å²) in [6.07, 6.45) is 1.60. The number of alkyl halides is 1. The molecule has 12 atom stereocenters. The highest BCUT2D eigenvalue weighted by atomic mass is 35.5. The van der Waals surface area contributed by atoms with E-state index in [-0.39, 0.29) is 80.4 Å². The Hall–Kier alpha value is -8.93. The Morgan fingerprint density at radius 1 is 0.542 bits per heavy atom. The van der Waals surface area contributed by atoms with E-state index >= 15 is 0 Å². The van der Waals surface area contributed by atoms with Gasteiger partial charge in [0.05, 0.1) is 0 Å². The highest BCUT2D eigenvalue weighted by Gasteiger charge is 2.42. The highest BCUT2D eigenvalue weighted by molar-refractivity contribution is 8.77. The number of hydrogen-bond acceptors (Lipinski definition) is 16. The summed E-state index contributed by atoms with van der Waals surface area (Å²) in [5.74, 6) is -10.3. The van der Waals surface area contributed by atoms with Gasteiger partial charge in [0.15, 0.2) is 0 Å². The first-order valence-electron chi connectivity index (χ1n) is 36.1. The SMILES string of the molecule is CC(C)C[C@H](NC(=O)[C@H](CCCCN=[N+]=[N-])NC(=O)[C@H](Cc1ccccc1)NC(=O)CCl)C(=O)N(C)[C@@H](C)C(=O)N(C)[C@@H](CC(C)C)C(=O)N[C@@H](C)C(=O)N(C)[C@@H](Cc1ccccc1)C(=O)N(C)[C@@H](C)C(=O)N[C@@H](C)C(=O)N[C@@H](Cc1ccccc1)C(=O)N[C@@H](CSSC(C)(C)C)C(=O)N1CCC[C@H]1C(=O)O. The van der Waals surface area contributed by atoms with Gasteiger partial charge in [0, 0.05) is 76.0 Å². The van der Waals surface area contributed by atoms with Crippen molar-refractivity contribution < 1.29 is 67.4 Å². The predicted octanol–water partition coefficient (Wildman–Crippen LogP) is 5.56. The number of nitrogens with one attached hydrogen (secondary N) is 7. The summed E-state index contributed by atoms with van der Waals surface area (Å²) in [4.78, 5) is 192. The largest absolute Gasteiger partial charge is 0.480 e. The van der Waals surface area contributed by atoms with Gasteiger partial charge in [0.2, 0.25) is 70.9 Å². The molecule has 0 saturated carbocycles. The topological polar surface area (TPSA) is 391 Å². The van der Waals surface area contributed by atoms with Gasteiger partial charge < -0.3 is 66.8 Å². The zero-order chi connectivity index (χ0) is 80.0. The zero-order valence-corrected chi connectivity index (χ0v) is 66.6. The zero-order valence-electron chi connectivity index (χ0n) is 64.2. The second kappa shape index (κ2) is 44.4. The molecule has 0 unspecified atom stereocenters. The Bertz CT molecular complexity index is 3560. The Labute approximate surface area is 641 Å². The summed E-state index contributed by atoms with van der Waals surface area (Å²) in [6, 6.07) is 11.7. The summed E-state index contributed by atoms with van der Waals surface area (Å²) in [7, 11) is 8.35. The van der Waals surface area contributed by atoms with Crippen LogP contribution in [0.1, 0.15) is 138 Å². The molecule has 12 amide bonds. The number of nitrogens with zero attached hydrogens (tertiary/aromatic N) is 8. The van der Waals surface area contributed by atoms with E-state index in [0.29, 0.717) is 36.0 Å². The summed E-state index contributed by atoms with van der Waals surface area (Å²) < 4.78 is -0.227. The molecule has 3 aromatic carbocycles. The lowest BCUT2D eigenvalue weighted by Gasteiger charge is -2.36. The number of carboxylic acid groups (broad SMARTS) is 1. The van der Waals surface area contributed by atoms with Gasteiger partial charge in [-0.3, -0.25) is 57.5 Å². The van der Waals surface area contributed by atoms with E-state index < -0.39 is 155 Å². The minimum absolute atomic E-state index is 0.0316. The minimum atomic E-state index is -1.32. The second-order valence-corrected chi connectivity index (χ2v) is 32.4. The van der Waals surface area contributed by atoms with Crippen LogP contribution in [0.15, 0.2) is 96.1 Å². The van der Waals surface area contributed by atoms with Crippen LogP contribution in [-0.4, -0.2) is 237 Å². The van der Waals surface area contributed by atoms with Crippen LogP contribution >= 0.6 is 33.2 Å². The predicted molar refractivity (Wildman–Crippen MR) is 413 cm³/mol. The number of amides is 12. The van der Waals surface area contributed by atoms with Crippen LogP contribution in [0.4, 0.5) is 0 Å². The number of rotatable bonds is 42. The third kappa shape index (κ3) is 29.3. The molecule has 1 fully saturated rings. The normalized spacial score (nSPS) is 15.8. The lowest BCUT2D eigenvalue weighted by molar-refractivity contribution is -0.150. The van der Waals surface area contributed by atoms with E-state index in [9.17, 15) is 67.4 Å². The summed E-state index contributed by atoms with van der Waals surface area (Å²) in [6.45, 7) is 19.3. The number of likely N-dealkylation sites (tertiary alicyclic amines) is 1. The van der Waals surface area contributed by atoms with Gasteiger partial charge in [-0.25, -0.2) is 4.79 Å². The van der Waals surface area contributed by atoms with Crippen molar-refractivity contribution in [2.24, 2.45) is 17.0 Å². The first kappa shape index (κ1) is 90.5. The standard InChI is InChI=1S/C75H110ClN15O14S2/c1-45(2)38-57(84-65(95)54(34-25-26-36-78-86-77)82-66(96)55(81-62(92)43-76)40-51-28-19-16-20-29-51)71(101)88(13)50(8)70(100)89(14)60(39-46(3)4)68(98)80-48(6)69(99)90(15)61(42-53-32-23-18-24-33-53)73(103)87(12)49(7)64(94)79-47(5)63(93)83-56(41-52-30-21-17-22-31-52)67(97)85-58(44-106-107-75(9,10)11)72(102)91-37-27-35-59(91)74(104)105/h16-24,28-33,45-50,54-61H,25-27,34-44H2,1-15H3,(H,79,94)(H,80,98)(H,81,92)(H,82,96)(H,83,93)(H,84,95)(H,85,97)(H,104,105)/t47-,48-,49-,50-,54-,55-,56-,57-,58-,59-,60-,61-/m0/s1. The van der Waals surface area contributed by atoms with E-state index in [2.05, 4.69) is 47.2 Å². The van der Waals surface area contributed by atoms with Gasteiger partial charge in [-0.05, 0) is 100 Å². The molecule has 29 nitrogen and oxygen atoms in total. The summed E-state index contributed by atoms with van der Waals surface area (Å²) in [5.41, 5.74) is 10.9. The Morgan fingerprint density at radius 2 is 1.02 bits per heavy atom. The number of azide groups is 1. The van der Waals surface area contributed by atoms with Crippen LogP contribution < -0.4 is 37.2 Å². The minimum Gasteiger partial charge on any atom is -0.480 e. The van der Waals surface area contributed by atoms with Crippen LogP contribution in [0.2, 0.25) is 0 Å². The Balaban J connectivity index is 1.52. The number of unbranched alkanes of at least 4 members (excludes halogenated alkanes) is 1. The molecule has 0 spiro atoms. The molecule has 107 heavy (non-hydrogen) atoms. The number of carbonyl (C=O) groups excluding carboxylic acids is 12. The summed E-state index contributed by atoms with van der Waals surface area (Å²) in [5, 5.41) is 32.6. The smallest absolute Gasteiger partial charge is 0.326 e. The van der Waals surface area contributed by atoms with Crippen LogP contribution in [-0.2, 0) is 81.6 Å². The third-order valence-corrected chi connectivity index (χ3v) is 21.8. The van der Waals surface area contributed by atoms with Crippen molar-refractivity contribution in [1.82, 2.24) is 61.7 Å². The molecular formula is C75H110ClN15O14S2. The molecule has 0 aromatic heterocycles. The van der Waals surface area contributed by atoms with Crippen molar-refractivity contribution in [3.8, 4) is 0 Å². The summed E-state index contributed by atoms with van der Waals surface area (Å²) >= 11 is 5.82. The van der Waals surface area contributed by atoms with E-state index in [0.717, 1.165) is 9.80 Å². The lowest BCUT2D eigenvalue weighted by Crippen LogP contribution is -2.60. The number of benzene rings is 3. The number of likely N-dealkylation sites (N-methyl/N-ethyl adjacent to an activating group) is 4. The van der Waals surface area contributed by atoms with Gasteiger partial charge in [-0.15, -0.1) is 11.6 Å². The monoisotopic (exact) mass is 1540 g/mol. The fourth-order valence-corrected chi connectivity index (χ4v) is 14.5. The fraction of sp³-hybridized carbons (Fsp3) is 0.587. The van der Waals surface area contributed by atoms with Crippen LogP contribution in [0.25, 0.3) is 10.4 Å². The number of halogens is 1. The van der Waals surface area contributed by atoms with Crippen molar-refractivity contribution in [1.29, 1.82) is 0 Å². The van der Waals surface area contributed by atoms with Crippen LogP contribution in [0.3, 0.4) is 0 Å². The van der Waals surface area contributed by atoms with E-state index in [4.69, 9.17) is 17.1 Å². The van der Waals surface area contributed by atoms with Gasteiger partial charge in [0.1, 0.15) is 78.4 Å². The number of hydrogen-bond donors (Lipinski definition) is 8. The quantitative estimate of drug-likeness (QED) is 0.00859. The van der Waals surface area contributed by atoms with E-state index in [1.807, 2.05) is 48.5 Å². The molecular weight excluding hydrogens is 1430 g/mol. The van der Waals surface area contributed by atoms with E-state index in [1.165, 1.54) is 92.2 Å². The van der Waals surface area contributed by atoms with Crippen LogP contribution in [0, 0.1) is 11.8 Å². The molecule has 1 aliphatic rings. The average molecular weight is 1550 g/mol. The molecule has 4 rings (SSSR count). The molecule has 588 valence electrons. The number of carboxylic acids is 1. The van der Waals surface area contributed by atoms with Crippen molar-refractivity contribution in [2.75, 3.05) is 52.9 Å². The highest BCUT2D eigenvalue weighted by Crippen LogP contribution is 2.36. The molecule has 8 N–H and O–H groups in total. The maximum absolute atomic E-state index is 14.9. The first-order valence-corrected chi connectivity index (χ1v) is 39.0.